The van der Waals surface area contributed by atoms with Crippen LogP contribution in [0.2, 0.25) is 0 Å². The molecule has 0 amide bonds. The van der Waals surface area contributed by atoms with E-state index < -0.39 is 0 Å². The number of nitrogens with zero attached hydrogens (tertiary/aromatic N) is 3. The highest BCUT2D eigenvalue weighted by molar-refractivity contribution is 5.11. The molecule has 1 aromatic heterocycles. The van der Waals surface area contributed by atoms with Gasteiger partial charge >= 0.3 is 0 Å². The third-order valence-corrected chi connectivity index (χ3v) is 3.58. The molecule has 16 heavy (non-hydrogen) atoms. The van der Waals surface area contributed by atoms with E-state index in [1.165, 1.54) is 12.8 Å². The Hall–Kier alpha value is -0.940. The van der Waals surface area contributed by atoms with Crippen molar-refractivity contribution in [2.75, 3.05) is 20.3 Å². The van der Waals surface area contributed by atoms with Crippen LogP contribution in [0, 0.1) is 0 Å². The standard InChI is InChI=1S/C11H20N4O/c1-16-7-6-15-9-13-14-10(15)11(8-12)4-2-3-5-11/h9H,2-8,12H2,1H3. The van der Waals surface area contributed by atoms with Crippen molar-refractivity contribution in [2.24, 2.45) is 5.73 Å². The summed E-state index contributed by atoms with van der Waals surface area (Å²) >= 11 is 0. The van der Waals surface area contributed by atoms with Crippen molar-refractivity contribution in [3.63, 3.8) is 0 Å². The maximum atomic E-state index is 5.95. The van der Waals surface area contributed by atoms with Crippen molar-refractivity contribution in [2.45, 2.75) is 37.6 Å². The zero-order valence-electron chi connectivity index (χ0n) is 9.85. The molecule has 5 heteroatoms. The maximum Gasteiger partial charge on any atom is 0.140 e. The molecule has 0 radical (unpaired) electrons. The van der Waals surface area contributed by atoms with Crippen LogP contribution < -0.4 is 5.73 Å². The topological polar surface area (TPSA) is 66.0 Å². The zero-order valence-corrected chi connectivity index (χ0v) is 9.85. The maximum absolute atomic E-state index is 5.95. The van der Waals surface area contributed by atoms with Crippen LogP contribution in [0.4, 0.5) is 0 Å². The molecule has 1 fully saturated rings. The van der Waals surface area contributed by atoms with E-state index in [2.05, 4.69) is 14.8 Å². The quantitative estimate of drug-likeness (QED) is 0.799. The van der Waals surface area contributed by atoms with Crippen LogP contribution in [-0.4, -0.2) is 35.0 Å². The highest BCUT2D eigenvalue weighted by Gasteiger charge is 2.38. The molecule has 2 N–H and O–H groups in total. The van der Waals surface area contributed by atoms with Crippen LogP contribution in [-0.2, 0) is 16.7 Å². The van der Waals surface area contributed by atoms with Crippen LogP contribution in [0.25, 0.3) is 0 Å². The fourth-order valence-corrected chi connectivity index (χ4v) is 2.59. The van der Waals surface area contributed by atoms with Gasteiger partial charge in [-0.05, 0) is 12.8 Å². The molecule has 0 aliphatic heterocycles. The first-order valence-electron chi connectivity index (χ1n) is 5.90. The van der Waals surface area contributed by atoms with Crippen molar-refractivity contribution in [3.05, 3.63) is 12.2 Å². The van der Waals surface area contributed by atoms with Gasteiger partial charge in [-0.25, -0.2) is 0 Å². The van der Waals surface area contributed by atoms with Crippen molar-refractivity contribution in [1.29, 1.82) is 0 Å². The second-order valence-electron chi connectivity index (χ2n) is 4.53. The largest absolute Gasteiger partial charge is 0.383 e. The second kappa shape index (κ2) is 4.93. The van der Waals surface area contributed by atoms with Crippen LogP contribution in [0.1, 0.15) is 31.5 Å². The van der Waals surface area contributed by atoms with Crippen LogP contribution in [0.5, 0.6) is 0 Å². The number of hydrogen-bond acceptors (Lipinski definition) is 4. The molecule has 90 valence electrons. The van der Waals surface area contributed by atoms with Gasteiger partial charge in [-0.15, -0.1) is 10.2 Å². The molecule has 0 atom stereocenters. The first-order chi connectivity index (χ1) is 7.82. The molecule has 1 aliphatic carbocycles. The first-order valence-corrected chi connectivity index (χ1v) is 5.90. The van der Waals surface area contributed by atoms with E-state index in [1.54, 1.807) is 13.4 Å². The minimum Gasteiger partial charge on any atom is -0.383 e. The lowest BCUT2D eigenvalue weighted by atomic mass is 9.85. The van der Waals surface area contributed by atoms with Gasteiger partial charge in [-0.2, -0.15) is 0 Å². The van der Waals surface area contributed by atoms with Crippen molar-refractivity contribution in [1.82, 2.24) is 14.8 Å². The molecule has 1 aliphatic rings. The van der Waals surface area contributed by atoms with E-state index in [0.717, 1.165) is 25.2 Å². The zero-order chi connectivity index (χ0) is 11.4. The third-order valence-electron chi connectivity index (χ3n) is 3.58. The summed E-state index contributed by atoms with van der Waals surface area (Å²) in [5, 5.41) is 8.29. The van der Waals surface area contributed by atoms with E-state index in [4.69, 9.17) is 10.5 Å². The number of aromatic nitrogens is 3. The highest BCUT2D eigenvalue weighted by atomic mass is 16.5. The molecule has 1 saturated carbocycles. The number of rotatable bonds is 5. The smallest absolute Gasteiger partial charge is 0.140 e. The molecule has 1 aromatic rings. The van der Waals surface area contributed by atoms with E-state index in [9.17, 15) is 0 Å². The Morgan fingerprint density at radius 3 is 2.88 bits per heavy atom. The van der Waals surface area contributed by atoms with E-state index in [0.29, 0.717) is 13.2 Å². The second-order valence-corrected chi connectivity index (χ2v) is 4.53. The van der Waals surface area contributed by atoms with E-state index in [1.807, 2.05) is 0 Å². The highest BCUT2D eigenvalue weighted by Crippen LogP contribution is 2.39. The van der Waals surface area contributed by atoms with Gasteiger partial charge in [0.2, 0.25) is 0 Å². The Balaban J connectivity index is 2.21. The first kappa shape index (κ1) is 11.5. The van der Waals surface area contributed by atoms with Crippen molar-refractivity contribution < 1.29 is 4.74 Å². The molecule has 1 heterocycles. The number of nitrogens with two attached hydrogens (primary N) is 1. The van der Waals surface area contributed by atoms with Crippen molar-refractivity contribution >= 4 is 0 Å². The SMILES string of the molecule is COCCn1cnnc1C1(CN)CCCC1. The van der Waals surface area contributed by atoms with Gasteiger partial charge in [0.25, 0.3) is 0 Å². The lowest BCUT2D eigenvalue weighted by molar-refractivity contribution is 0.184. The number of methoxy groups -OCH3 is 1. The summed E-state index contributed by atoms with van der Waals surface area (Å²) in [6, 6.07) is 0. The predicted octanol–water partition coefficient (Wildman–Crippen LogP) is 0.695. The number of hydrogen-bond donors (Lipinski definition) is 1. The summed E-state index contributed by atoms with van der Waals surface area (Å²) in [4.78, 5) is 0. The van der Waals surface area contributed by atoms with Gasteiger partial charge in [-0.3, -0.25) is 0 Å². The Morgan fingerprint density at radius 1 is 1.50 bits per heavy atom. The average Bonchev–Trinajstić information content (AvgIpc) is 2.95. The molecule has 0 bridgehead atoms. The monoisotopic (exact) mass is 224 g/mol. The van der Waals surface area contributed by atoms with Gasteiger partial charge in [0.1, 0.15) is 12.2 Å². The Morgan fingerprint density at radius 2 is 2.25 bits per heavy atom. The predicted molar refractivity (Wildman–Crippen MR) is 61.1 cm³/mol. The Bertz CT molecular complexity index is 330. The summed E-state index contributed by atoms with van der Waals surface area (Å²) in [6.07, 6.45) is 6.54. The minimum atomic E-state index is 0.0598. The number of ether oxygens (including phenoxy) is 1. The lowest BCUT2D eigenvalue weighted by Crippen LogP contribution is -2.35. The van der Waals surface area contributed by atoms with Gasteiger partial charge in [-0.1, -0.05) is 12.8 Å². The van der Waals surface area contributed by atoms with Crippen molar-refractivity contribution in [3.8, 4) is 0 Å². The molecule has 2 rings (SSSR count). The molecule has 0 saturated heterocycles. The molecule has 5 nitrogen and oxygen atoms in total. The van der Waals surface area contributed by atoms with Gasteiger partial charge in [0.05, 0.1) is 6.61 Å². The summed E-state index contributed by atoms with van der Waals surface area (Å²) < 4.78 is 7.18. The Kier molecular flexibility index (Phi) is 3.56. The molecular weight excluding hydrogens is 204 g/mol. The Labute approximate surface area is 96.0 Å². The van der Waals surface area contributed by atoms with E-state index in [-0.39, 0.29) is 5.41 Å². The summed E-state index contributed by atoms with van der Waals surface area (Å²) in [5.74, 6) is 1.05. The average molecular weight is 224 g/mol. The van der Waals surface area contributed by atoms with Crippen LogP contribution in [0.15, 0.2) is 6.33 Å². The fraction of sp³-hybridized carbons (Fsp3) is 0.818. The molecule has 0 unspecified atom stereocenters. The lowest BCUT2D eigenvalue weighted by Gasteiger charge is -2.26. The molecule has 0 aromatic carbocycles. The third kappa shape index (κ3) is 1.97. The van der Waals surface area contributed by atoms with Gasteiger partial charge in [0.15, 0.2) is 0 Å². The van der Waals surface area contributed by atoms with Crippen LogP contribution >= 0.6 is 0 Å². The molecular formula is C11H20N4O. The summed E-state index contributed by atoms with van der Waals surface area (Å²) in [6.45, 7) is 2.16. The fourth-order valence-electron chi connectivity index (χ4n) is 2.59. The summed E-state index contributed by atoms with van der Waals surface area (Å²) in [5.41, 5.74) is 6.00. The van der Waals surface area contributed by atoms with Gasteiger partial charge < -0.3 is 15.0 Å². The normalized spacial score (nSPS) is 19.1. The van der Waals surface area contributed by atoms with Crippen LogP contribution in [0.3, 0.4) is 0 Å². The molecule has 0 spiro atoms. The minimum absolute atomic E-state index is 0.0598. The summed E-state index contributed by atoms with van der Waals surface area (Å²) in [7, 11) is 1.71. The van der Waals surface area contributed by atoms with E-state index >= 15 is 0 Å². The van der Waals surface area contributed by atoms with Gasteiger partial charge in [0, 0.05) is 25.6 Å².